The average Bonchev–Trinajstić information content (AvgIpc) is 2.85. The quantitative estimate of drug-likeness (QED) is 0.377. The highest BCUT2D eigenvalue weighted by atomic mass is 35.5. The van der Waals surface area contributed by atoms with E-state index >= 15 is 0 Å². The number of halogens is 2. The molecule has 10 heteroatoms. The number of hydrogen-bond acceptors (Lipinski definition) is 4. The van der Waals surface area contributed by atoms with E-state index in [1.807, 2.05) is 44.2 Å². The highest BCUT2D eigenvalue weighted by Gasteiger charge is 2.33. The normalized spacial score (nSPS) is 12.2. The van der Waals surface area contributed by atoms with E-state index in [0.717, 1.165) is 22.2 Å². The van der Waals surface area contributed by atoms with Crippen molar-refractivity contribution in [1.82, 2.24) is 10.2 Å². The molecular formula is C28H31ClFN3O4S. The first kappa shape index (κ1) is 29.1. The number of para-hydroxylation sites is 1. The molecule has 38 heavy (non-hydrogen) atoms. The molecule has 0 heterocycles. The largest absolute Gasteiger partial charge is 0.352 e. The smallest absolute Gasteiger partial charge is 0.244 e. The highest BCUT2D eigenvalue weighted by molar-refractivity contribution is 7.92. The van der Waals surface area contributed by atoms with Crippen molar-refractivity contribution in [1.29, 1.82) is 0 Å². The van der Waals surface area contributed by atoms with E-state index in [-0.39, 0.29) is 30.6 Å². The second kappa shape index (κ2) is 12.9. The van der Waals surface area contributed by atoms with Crippen LogP contribution in [0.2, 0.25) is 5.02 Å². The van der Waals surface area contributed by atoms with Crippen LogP contribution in [0.25, 0.3) is 0 Å². The molecule has 0 saturated heterocycles. The van der Waals surface area contributed by atoms with Crippen LogP contribution in [-0.4, -0.2) is 50.0 Å². The summed E-state index contributed by atoms with van der Waals surface area (Å²) in [6.45, 7) is 2.94. The van der Waals surface area contributed by atoms with E-state index < -0.39 is 34.3 Å². The Morgan fingerprint density at radius 3 is 2.11 bits per heavy atom. The van der Waals surface area contributed by atoms with Gasteiger partial charge in [-0.3, -0.25) is 13.9 Å². The fraction of sp³-hybridized carbons (Fsp3) is 0.286. The van der Waals surface area contributed by atoms with Crippen molar-refractivity contribution in [3.63, 3.8) is 0 Å². The summed E-state index contributed by atoms with van der Waals surface area (Å²) in [5.41, 5.74) is 1.26. The predicted molar refractivity (Wildman–Crippen MR) is 148 cm³/mol. The van der Waals surface area contributed by atoms with E-state index in [1.54, 1.807) is 24.3 Å². The van der Waals surface area contributed by atoms with Gasteiger partial charge in [-0.2, -0.15) is 0 Å². The Morgan fingerprint density at radius 2 is 1.53 bits per heavy atom. The van der Waals surface area contributed by atoms with Crippen LogP contribution in [0.15, 0.2) is 78.9 Å². The molecule has 2 amide bonds. The van der Waals surface area contributed by atoms with E-state index in [0.29, 0.717) is 10.6 Å². The van der Waals surface area contributed by atoms with Crippen LogP contribution in [0.5, 0.6) is 0 Å². The number of benzene rings is 3. The van der Waals surface area contributed by atoms with Gasteiger partial charge in [-0.15, -0.1) is 0 Å². The second-order valence-corrected chi connectivity index (χ2v) is 11.6. The summed E-state index contributed by atoms with van der Waals surface area (Å²) in [4.78, 5) is 28.6. The molecule has 7 nitrogen and oxygen atoms in total. The molecule has 0 fully saturated rings. The molecule has 0 aromatic heterocycles. The molecule has 3 aromatic carbocycles. The molecule has 1 atom stereocenters. The van der Waals surface area contributed by atoms with Crippen molar-refractivity contribution < 1.29 is 22.4 Å². The summed E-state index contributed by atoms with van der Waals surface area (Å²) in [5.74, 6) is -1.83. The number of nitrogens with zero attached hydrogens (tertiary/aromatic N) is 2. The molecule has 3 aromatic rings. The van der Waals surface area contributed by atoms with Crippen LogP contribution in [0.4, 0.5) is 10.1 Å². The summed E-state index contributed by atoms with van der Waals surface area (Å²) in [6, 6.07) is 20.2. The lowest BCUT2D eigenvalue weighted by Crippen LogP contribution is -2.54. The molecule has 0 spiro atoms. The Morgan fingerprint density at radius 1 is 0.921 bits per heavy atom. The topological polar surface area (TPSA) is 86.8 Å². The molecule has 1 N–H and O–H groups in total. The first-order chi connectivity index (χ1) is 18.0. The van der Waals surface area contributed by atoms with Crippen molar-refractivity contribution in [3.05, 3.63) is 101 Å². The summed E-state index contributed by atoms with van der Waals surface area (Å²) in [6.07, 6.45) is 1.10. The summed E-state index contributed by atoms with van der Waals surface area (Å²) >= 11 is 6.04. The third kappa shape index (κ3) is 8.03. The minimum Gasteiger partial charge on any atom is -0.352 e. The standard InChI is InChI=1S/C28H31ClFN3O4S/c1-20(2)31-28(35)26(17-21-9-5-4-6-10-21)32(18-22-13-15-23(29)16-14-22)27(34)19-33(38(3,36)37)25-12-8-7-11-24(25)30/h4-16,20,26H,17-19H2,1-3H3,(H,31,35)/t26-/m1/s1. The van der Waals surface area contributed by atoms with E-state index in [9.17, 15) is 22.4 Å². The average molecular weight is 560 g/mol. The number of nitrogens with one attached hydrogen (secondary N) is 1. The maximum Gasteiger partial charge on any atom is 0.244 e. The number of rotatable bonds is 11. The van der Waals surface area contributed by atoms with Gasteiger partial charge in [-0.05, 0) is 49.2 Å². The fourth-order valence-electron chi connectivity index (χ4n) is 3.97. The molecule has 202 valence electrons. The highest BCUT2D eigenvalue weighted by Crippen LogP contribution is 2.23. The Balaban J connectivity index is 2.06. The van der Waals surface area contributed by atoms with Crippen LogP contribution >= 0.6 is 11.6 Å². The zero-order valence-electron chi connectivity index (χ0n) is 21.5. The van der Waals surface area contributed by atoms with Gasteiger partial charge in [0, 0.05) is 24.0 Å². The van der Waals surface area contributed by atoms with Gasteiger partial charge in [0.2, 0.25) is 21.8 Å². The zero-order valence-corrected chi connectivity index (χ0v) is 23.0. The summed E-state index contributed by atoms with van der Waals surface area (Å²) in [5, 5.41) is 3.38. The number of carbonyl (C=O) groups excluding carboxylic acids is 2. The van der Waals surface area contributed by atoms with Crippen LogP contribution < -0.4 is 9.62 Å². The van der Waals surface area contributed by atoms with Gasteiger partial charge >= 0.3 is 0 Å². The molecule has 0 aliphatic carbocycles. The number of carbonyl (C=O) groups is 2. The minimum absolute atomic E-state index is 0.00783. The van der Waals surface area contributed by atoms with Gasteiger partial charge in [-0.25, -0.2) is 12.8 Å². The minimum atomic E-state index is -4.04. The second-order valence-electron chi connectivity index (χ2n) is 9.24. The third-order valence-corrected chi connectivity index (χ3v) is 7.15. The monoisotopic (exact) mass is 559 g/mol. The number of amides is 2. The number of sulfonamides is 1. The Labute approximate surface area is 228 Å². The van der Waals surface area contributed by atoms with E-state index in [2.05, 4.69) is 5.32 Å². The van der Waals surface area contributed by atoms with Gasteiger partial charge in [0.1, 0.15) is 18.4 Å². The Hall–Kier alpha value is -3.43. The molecule has 0 saturated carbocycles. The van der Waals surface area contributed by atoms with Crippen LogP contribution in [0.3, 0.4) is 0 Å². The maximum atomic E-state index is 14.6. The van der Waals surface area contributed by atoms with Crippen molar-refractivity contribution in [2.45, 2.75) is 38.9 Å². The van der Waals surface area contributed by atoms with Gasteiger partial charge in [0.25, 0.3) is 0 Å². The Kier molecular flexibility index (Phi) is 9.88. The molecule has 0 unspecified atom stereocenters. The number of hydrogen-bond donors (Lipinski definition) is 1. The van der Waals surface area contributed by atoms with Crippen molar-refractivity contribution in [2.24, 2.45) is 0 Å². The molecule has 3 rings (SSSR count). The SMILES string of the molecule is CC(C)NC(=O)[C@@H](Cc1ccccc1)N(Cc1ccc(Cl)cc1)C(=O)CN(c1ccccc1F)S(C)(=O)=O. The molecule has 0 aliphatic heterocycles. The van der Waals surface area contributed by atoms with Gasteiger partial charge in [0.15, 0.2) is 0 Å². The van der Waals surface area contributed by atoms with Crippen molar-refractivity contribution in [3.8, 4) is 0 Å². The summed E-state index contributed by atoms with van der Waals surface area (Å²) in [7, 11) is -4.04. The van der Waals surface area contributed by atoms with Gasteiger partial charge < -0.3 is 10.2 Å². The Bertz CT molecular complexity index is 1350. The lowest BCUT2D eigenvalue weighted by Gasteiger charge is -2.34. The van der Waals surface area contributed by atoms with Crippen molar-refractivity contribution >= 4 is 39.1 Å². The number of anilines is 1. The predicted octanol–water partition coefficient (Wildman–Crippen LogP) is 4.41. The summed E-state index contributed by atoms with van der Waals surface area (Å²) < 4.78 is 40.7. The van der Waals surface area contributed by atoms with Crippen LogP contribution in [-0.2, 0) is 32.6 Å². The van der Waals surface area contributed by atoms with Crippen LogP contribution in [0.1, 0.15) is 25.0 Å². The molecule has 0 bridgehead atoms. The maximum absolute atomic E-state index is 14.6. The van der Waals surface area contributed by atoms with E-state index in [1.165, 1.54) is 23.1 Å². The zero-order chi connectivity index (χ0) is 27.9. The van der Waals surface area contributed by atoms with E-state index in [4.69, 9.17) is 11.6 Å². The molecule has 0 radical (unpaired) electrons. The fourth-order valence-corrected chi connectivity index (χ4v) is 4.95. The first-order valence-corrected chi connectivity index (χ1v) is 14.3. The first-order valence-electron chi connectivity index (χ1n) is 12.1. The van der Waals surface area contributed by atoms with Gasteiger partial charge in [0.05, 0.1) is 11.9 Å². The molecule has 0 aliphatic rings. The van der Waals surface area contributed by atoms with Gasteiger partial charge in [-0.1, -0.05) is 66.2 Å². The molecular weight excluding hydrogens is 529 g/mol. The third-order valence-electron chi connectivity index (χ3n) is 5.77. The van der Waals surface area contributed by atoms with Crippen LogP contribution in [0, 0.1) is 5.82 Å². The lowest BCUT2D eigenvalue weighted by molar-refractivity contribution is -0.140. The lowest BCUT2D eigenvalue weighted by atomic mass is 10.0. The van der Waals surface area contributed by atoms with Crippen molar-refractivity contribution in [2.75, 3.05) is 17.1 Å².